The number of anilines is 1. The Bertz CT molecular complexity index is 434. The maximum absolute atomic E-state index is 12.9. The molecule has 0 aliphatic rings. The molecule has 0 fully saturated rings. The number of aryl methyl sites for hydroxylation is 1. The lowest BCUT2D eigenvalue weighted by Crippen LogP contribution is -1.99. The van der Waals surface area contributed by atoms with Gasteiger partial charge in [-0.1, -0.05) is 24.3 Å². The highest BCUT2D eigenvalue weighted by atomic mass is 19.1. The maximum Gasteiger partial charge on any atom is 0.123 e. The van der Waals surface area contributed by atoms with Gasteiger partial charge in [-0.2, -0.15) is 0 Å². The van der Waals surface area contributed by atoms with Crippen molar-refractivity contribution in [2.75, 3.05) is 5.32 Å². The second-order valence-electron chi connectivity index (χ2n) is 3.85. The van der Waals surface area contributed by atoms with Crippen LogP contribution in [0.25, 0.3) is 0 Å². The van der Waals surface area contributed by atoms with Crippen molar-refractivity contribution in [3.63, 3.8) is 0 Å². The van der Waals surface area contributed by atoms with E-state index >= 15 is 0 Å². The van der Waals surface area contributed by atoms with Gasteiger partial charge >= 0.3 is 0 Å². The van der Waals surface area contributed by atoms with E-state index in [0.29, 0.717) is 6.54 Å². The zero-order valence-corrected chi connectivity index (χ0v) is 9.20. The third-order valence-electron chi connectivity index (χ3n) is 2.40. The first-order valence-corrected chi connectivity index (χ1v) is 5.29. The summed E-state index contributed by atoms with van der Waals surface area (Å²) in [5.74, 6) is -0.191. The third kappa shape index (κ3) is 2.83. The minimum atomic E-state index is -0.191. The Morgan fingerprint density at radius 2 is 1.88 bits per heavy atom. The summed E-state index contributed by atoms with van der Waals surface area (Å²) in [4.78, 5) is 0. The molecule has 0 spiro atoms. The Kier molecular flexibility index (Phi) is 3.20. The van der Waals surface area contributed by atoms with E-state index in [2.05, 4.69) is 11.4 Å². The fraction of sp³-hybridized carbons (Fsp3) is 0.143. The number of rotatable bonds is 3. The highest BCUT2D eigenvalue weighted by molar-refractivity contribution is 5.45. The highest BCUT2D eigenvalue weighted by Crippen LogP contribution is 2.11. The fourth-order valence-electron chi connectivity index (χ4n) is 1.61. The van der Waals surface area contributed by atoms with Gasteiger partial charge in [0, 0.05) is 12.2 Å². The lowest BCUT2D eigenvalue weighted by Gasteiger charge is -2.07. The van der Waals surface area contributed by atoms with Crippen LogP contribution in [0.15, 0.2) is 48.5 Å². The lowest BCUT2D eigenvalue weighted by molar-refractivity contribution is 0.626. The standard InChI is InChI=1S/C14H14FN/c1-11-4-2-7-14(8-11)16-10-12-5-3-6-13(15)9-12/h2-9,16H,10H2,1H3. The summed E-state index contributed by atoms with van der Waals surface area (Å²) in [5.41, 5.74) is 3.22. The molecule has 0 aliphatic carbocycles. The quantitative estimate of drug-likeness (QED) is 0.822. The summed E-state index contributed by atoms with van der Waals surface area (Å²) in [7, 11) is 0. The van der Waals surface area contributed by atoms with Crippen LogP contribution in [0.3, 0.4) is 0 Å². The van der Waals surface area contributed by atoms with Crippen molar-refractivity contribution in [3.8, 4) is 0 Å². The van der Waals surface area contributed by atoms with Crippen LogP contribution in [0.2, 0.25) is 0 Å². The van der Waals surface area contributed by atoms with Crippen molar-refractivity contribution in [2.45, 2.75) is 13.5 Å². The van der Waals surface area contributed by atoms with E-state index < -0.39 is 0 Å². The van der Waals surface area contributed by atoms with Crippen LogP contribution in [-0.4, -0.2) is 0 Å². The van der Waals surface area contributed by atoms with Crippen molar-refractivity contribution < 1.29 is 4.39 Å². The molecule has 0 bridgehead atoms. The van der Waals surface area contributed by atoms with Crippen molar-refractivity contribution in [3.05, 3.63) is 65.5 Å². The lowest BCUT2D eigenvalue weighted by atomic mass is 10.2. The van der Waals surface area contributed by atoms with Gasteiger partial charge in [-0.3, -0.25) is 0 Å². The minimum Gasteiger partial charge on any atom is -0.381 e. The smallest absolute Gasteiger partial charge is 0.123 e. The van der Waals surface area contributed by atoms with E-state index in [1.165, 1.54) is 11.6 Å². The van der Waals surface area contributed by atoms with Gasteiger partial charge in [0.2, 0.25) is 0 Å². The van der Waals surface area contributed by atoms with Gasteiger partial charge in [-0.25, -0.2) is 4.39 Å². The molecule has 0 saturated carbocycles. The van der Waals surface area contributed by atoms with Gasteiger partial charge in [-0.15, -0.1) is 0 Å². The fourth-order valence-corrected chi connectivity index (χ4v) is 1.61. The van der Waals surface area contributed by atoms with Gasteiger partial charge in [0.15, 0.2) is 0 Å². The summed E-state index contributed by atoms with van der Waals surface area (Å²) < 4.78 is 12.9. The van der Waals surface area contributed by atoms with Crippen molar-refractivity contribution in [1.82, 2.24) is 0 Å². The largest absolute Gasteiger partial charge is 0.381 e. The first kappa shape index (κ1) is 10.7. The van der Waals surface area contributed by atoms with Gasteiger partial charge in [0.25, 0.3) is 0 Å². The molecule has 2 heteroatoms. The minimum absolute atomic E-state index is 0.191. The van der Waals surface area contributed by atoms with Crippen LogP contribution < -0.4 is 5.32 Å². The number of hydrogen-bond acceptors (Lipinski definition) is 1. The summed E-state index contributed by atoms with van der Waals surface area (Å²) >= 11 is 0. The second-order valence-corrected chi connectivity index (χ2v) is 3.85. The van der Waals surface area contributed by atoms with Gasteiger partial charge in [0.1, 0.15) is 5.82 Å². The molecule has 0 unspecified atom stereocenters. The van der Waals surface area contributed by atoms with Crippen molar-refractivity contribution in [2.24, 2.45) is 0 Å². The normalized spacial score (nSPS) is 10.1. The first-order valence-electron chi connectivity index (χ1n) is 5.29. The van der Waals surface area contributed by atoms with Crippen molar-refractivity contribution >= 4 is 5.69 Å². The van der Waals surface area contributed by atoms with Gasteiger partial charge in [0.05, 0.1) is 0 Å². The van der Waals surface area contributed by atoms with Crippen molar-refractivity contribution in [1.29, 1.82) is 0 Å². The van der Waals surface area contributed by atoms with Crippen LogP contribution in [0.5, 0.6) is 0 Å². The summed E-state index contributed by atoms with van der Waals surface area (Å²) in [6, 6.07) is 14.8. The van der Waals surface area contributed by atoms with Gasteiger partial charge < -0.3 is 5.32 Å². The third-order valence-corrected chi connectivity index (χ3v) is 2.40. The molecule has 2 aromatic rings. The van der Waals surface area contributed by atoms with E-state index in [0.717, 1.165) is 11.3 Å². The first-order chi connectivity index (χ1) is 7.74. The predicted octanol–water partition coefficient (Wildman–Crippen LogP) is 3.75. The summed E-state index contributed by atoms with van der Waals surface area (Å²) in [6.07, 6.45) is 0. The zero-order valence-electron chi connectivity index (χ0n) is 9.20. The number of halogens is 1. The molecular formula is C14H14FN. The molecule has 0 radical (unpaired) electrons. The molecule has 0 atom stereocenters. The van der Waals surface area contributed by atoms with Crippen LogP contribution in [0.4, 0.5) is 10.1 Å². The predicted molar refractivity (Wildman–Crippen MR) is 64.9 cm³/mol. The molecule has 0 aromatic heterocycles. The number of nitrogens with one attached hydrogen (secondary N) is 1. The van der Waals surface area contributed by atoms with Crippen LogP contribution >= 0.6 is 0 Å². The molecule has 0 aliphatic heterocycles. The molecule has 1 nitrogen and oxygen atoms in total. The Hall–Kier alpha value is -1.83. The molecule has 82 valence electrons. The SMILES string of the molecule is Cc1cccc(NCc2cccc(F)c2)c1. The monoisotopic (exact) mass is 215 g/mol. The molecule has 16 heavy (non-hydrogen) atoms. The highest BCUT2D eigenvalue weighted by Gasteiger charge is 1.96. The Balaban J connectivity index is 2.02. The Labute approximate surface area is 94.9 Å². The van der Waals surface area contributed by atoms with E-state index in [1.54, 1.807) is 12.1 Å². The van der Waals surface area contributed by atoms with E-state index in [9.17, 15) is 4.39 Å². The molecule has 0 heterocycles. The molecule has 0 amide bonds. The van der Waals surface area contributed by atoms with Crippen LogP contribution in [0.1, 0.15) is 11.1 Å². The van der Waals surface area contributed by atoms with E-state index in [-0.39, 0.29) is 5.82 Å². The second kappa shape index (κ2) is 4.79. The van der Waals surface area contributed by atoms with E-state index in [4.69, 9.17) is 0 Å². The van der Waals surface area contributed by atoms with Crippen LogP contribution in [0, 0.1) is 12.7 Å². The molecule has 2 aromatic carbocycles. The average Bonchev–Trinajstić information content (AvgIpc) is 2.27. The Morgan fingerprint density at radius 1 is 1.06 bits per heavy atom. The topological polar surface area (TPSA) is 12.0 Å². The molecule has 1 N–H and O–H groups in total. The summed E-state index contributed by atoms with van der Waals surface area (Å²) in [6.45, 7) is 2.69. The Morgan fingerprint density at radius 3 is 2.62 bits per heavy atom. The number of benzene rings is 2. The van der Waals surface area contributed by atoms with Crippen LogP contribution in [-0.2, 0) is 6.54 Å². The molecular weight excluding hydrogens is 201 g/mol. The van der Waals surface area contributed by atoms with E-state index in [1.807, 2.05) is 31.2 Å². The van der Waals surface area contributed by atoms with Gasteiger partial charge in [-0.05, 0) is 42.3 Å². The molecule has 0 saturated heterocycles. The maximum atomic E-state index is 12.9. The average molecular weight is 215 g/mol. The zero-order chi connectivity index (χ0) is 11.4. The molecule has 2 rings (SSSR count). The summed E-state index contributed by atoms with van der Waals surface area (Å²) in [5, 5.41) is 3.26. The number of hydrogen-bond donors (Lipinski definition) is 1.